The Morgan fingerprint density at radius 2 is 2.10 bits per heavy atom. The van der Waals surface area contributed by atoms with Gasteiger partial charge in [-0.25, -0.2) is 4.79 Å². The lowest BCUT2D eigenvalue weighted by molar-refractivity contribution is 0.0109. The van der Waals surface area contributed by atoms with Crippen molar-refractivity contribution in [3.8, 4) is 5.75 Å². The topological polar surface area (TPSA) is 76.0 Å². The van der Waals surface area contributed by atoms with Crippen molar-refractivity contribution in [2.75, 3.05) is 19.8 Å². The van der Waals surface area contributed by atoms with Crippen LogP contribution < -0.4 is 4.74 Å². The third-order valence-corrected chi connectivity index (χ3v) is 2.81. The molecule has 0 spiro atoms. The number of aryl methyl sites for hydroxylation is 1. The molecule has 0 bridgehead atoms. The zero-order chi connectivity index (χ0) is 15.0. The first-order chi connectivity index (χ1) is 9.56. The lowest BCUT2D eigenvalue weighted by Gasteiger charge is -2.15. The van der Waals surface area contributed by atoms with Crippen LogP contribution in [0.5, 0.6) is 5.75 Å². The van der Waals surface area contributed by atoms with Crippen LogP contribution in [-0.2, 0) is 4.74 Å². The van der Waals surface area contributed by atoms with E-state index in [-0.39, 0.29) is 18.8 Å². The van der Waals surface area contributed by atoms with Crippen LogP contribution in [0, 0.1) is 6.92 Å². The van der Waals surface area contributed by atoms with Crippen molar-refractivity contribution in [1.29, 1.82) is 0 Å². The fraction of sp³-hybridized carbons (Fsp3) is 0.533. The average molecular weight is 282 g/mol. The van der Waals surface area contributed by atoms with Gasteiger partial charge < -0.3 is 19.7 Å². The van der Waals surface area contributed by atoms with E-state index >= 15 is 0 Å². The van der Waals surface area contributed by atoms with Crippen molar-refractivity contribution in [2.45, 2.75) is 32.8 Å². The number of carboxylic acid groups (broad SMARTS) is 1. The lowest BCUT2D eigenvalue weighted by Crippen LogP contribution is -2.24. The molecule has 1 aromatic carbocycles. The van der Waals surface area contributed by atoms with E-state index in [2.05, 4.69) is 6.92 Å². The van der Waals surface area contributed by atoms with Crippen molar-refractivity contribution >= 4 is 5.97 Å². The molecule has 1 atom stereocenters. The average Bonchev–Trinajstić information content (AvgIpc) is 2.42. The van der Waals surface area contributed by atoms with Gasteiger partial charge in [-0.05, 0) is 25.0 Å². The van der Waals surface area contributed by atoms with Gasteiger partial charge in [-0.15, -0.1) is 0 Å². The summed E-state index contributed by atoms with van der Waals surface area (Å²) >= 11 is 0. The molecule has 2 N–H and O–H groups in total. The number of aromatic carboxylic acids is 1. The van der Waals surface area contributed by atoms with Crippen LogP contribution in [-0.4, -0.2) is 42.1 Å². The van der Waals surface area contributed by atoms with Gasteiger partial charge in [0, 0.05) is 6.61 Å². The van der Waals surface area contributed by atoms with Crippen LogP contribution in [0.1, 0.15) is 35.7 Å². The smallest absolute Gasteiger partial charge is 0.339 e. The highest BCUT2D eigenvalue weighted by Gasteiger charge is 2.15. The molecule has 20 heavy (non-hydrogen) atoms. The highest BCUT2D eigenvalue weighted by Crippen LogP contribution is 2.23. The van der Waals surface area contributed by atoms with E-state index in [0.717, 1.165) is 18.4 Å². The number of rotatable bonds is 9. The number of hydrogen-bond donors (Lipinski definition) is 2. The molecule has 0 heterocycles. The Bertz CT molecular complexity index is 430. The number of aliphatic hydroxyl groups excluding tert-OH is 1. The van der Waals surface area contributed by atoms with Gasteiger partial charge >= 0.3 is 5.97 Å². The van der Waals surface area contributed by atoms with Gasteiger partial charge in [0.1, 0.15) is 24.0 Å². The minimum Gasteiger partial charge on any atom is -0.490 e. The molecule has 0 amide bonds. The molecule has 1 aromatic rings. The number of ether oxygens (including phenoxy) is 2. The molecule has 1 unspecified atom stereocenters. The maximum absolute atomic E-state index is 11.1. The molecule has 5 heteroatoms. The first kappa shape index (κ1) is 16.5. The van der Waals surface area contributed by atoms with Crippen LogP contribution in [0.2, 0.25) is 0 Å². The van der Waals surface area contributed by atoms with Crippen LogP contribution in [0.15, 0.2) is 18.2 Å². The highest BCUT2D eigenvalue weighted by molar-refractivity contribution is 5.91. The maximum atomic E-state index is 11.1. The highest BCUT2D eigenvalue weighted by atomic mass is 16.5. The summed E-state index contributed by atoms with van der Waals surface area (Å²) in [6.45, 7) is 4.64. The van der Waals surface area contributed by atoms with Crippen LogP contribution in [0.4, 0.5) is 0 Å². The summed E-state index contributed by atoms with van der Waals surface area (Å²) in [5.74, 6) is -0.745. The van der Waals surface area contributed by atoms with Gasteiger partial charge in [0.2, 0.25) is 0 Å². The van der Waals surface area contributed by atoms with Gasteiger partial charge in [0.05, 0.1) is 6.61 Å². The summed E-state index contributed by atoms with van der Waals surface area (Å²) in [5, 5.41) is 18.8. The number of hydrogen-bond acceptors (Lipinski definition) is 4. The first-order valence-electron chi connectivity index (χ1n) is 6.77. The second kappa shape index (κ2) is 8.55. The largest absolute Gasteiger partial charge is 0.490 e. The predicted octanol–water partition coefficient (Wildman–Crippen LogP) is 2.25. The molecule has 0 aliphatic heterocycles. The Balaban J connectivity index is 2.50. The molecule has 0 fully saturated rings. The van der Waals surface area contributed by atoms with E-state index in [0.29, 0.717) is 12.4 Å². The molecule has 0 aromatic heterocycles. The predicted molar refractivity (Wildman–Crippen MR) is 75.4 cm³/mol. The van der Waals surface area contributed by atoms with E-state index in [1.807, 2.05) is 0 Å². The quantitative estimate of drug-likeness (QED) is 0.679. The summed E-state index contributed by atoms with van der Waals surface area (Å²) in [5.41, 5.74) is 0.827. The van der Waals surface area contributed by atoms with E-state index < -0.39 is 12.1 Å². The normalized spacial score (nSPS) is 12.2. The molecular weight excluding hydrogens is 260 g/mol. The van der Waals surface area contributed by atoms with E-state index in [4.69, 9.17) is 14.6 Å². The summed E-state index contributed by atoms with van der Waals surface area (Å²) < 4.78 is 10.7. The van der Waals surface area contributed by atoms with Crippen molar-refractivity contribution in [1.82, 2.24) is 0 Å². The van der Waals surface area contributed by atoms with E-state index in [1.165, 1.54) is 6.07 Å². The molecule has 0 saturated carbocycles. The van der Waals surface area contributed by atoms with Crippen LogP contribution in [0.3, 0.4) is 0 Å². The van der Waals surface area contributed by atoms with Gasteiger partial charge in [-0.3, -0.25) is 0 Å². The Hall–Kier alpha value is -1.59. The van der Waals surface area contributed by atoms with Gasteiger partial charge in [-0.1, -0.05) is 25.5 Å². The second-order valence-corrected chi connectivity index (χ2v) is 4.65. The zero-order valence-corrected chi connectivity index (χ0v) is 12.0. The number of aliphatic hydroxyl groups is 1. The Labute approximate surface area is 119 Å². The van der Waals surface area contributed by atoms with Gasteiger partial charge in [-0.2, -0.15) is 0 Å². The fourth-order valence-electron chi connectivity index (χ4n) is 1.71. The molecule has 0 aliphatic carbocycles. The summed E-state index contributed by atoms with van der Waals surface area (Å²) in [4.78, 5) is 11.1. The molecule has 5 nitrogen and oxygen atoms in total. The molecule has 0 radical (unpaired) electrons. The summed E-state index contributed by atoms with van der Waals surface area (Å²) in [6, 6.07) is 4.91. The number of carbonyl (C=O) groups is 1. The fourth-order valence-corrected chi connectivity index (χ4v) is 1.71. The molecule has 0 aliphatic rings. The SMILES string of the molecule is CCCCOCC(O)COc1c(C)cccc1C(=O)O. The molecular formula is C15H22O5. The first-order valence-corrected chi connectivity index (χ1v) is 6.77. The van der Waals surface area contributed by atoms with Crippen molar-refractivity contribution in [3.63, 3.8) is 0 Å². The number of carboxylic acids is 1. The number of para-hydroxylation sites is 1. The third kappa shape index (κ3) is 5.19. The van der Waals surface area contributed by atoms with Crippen molar-refractivity contribution in [3.05, 3.63) is 29.3 Å². The number of unbranched alkanes of at least 4 members (excludes halogenated alkanes) is 1. The minimum absolute atomic E-state index is 0.0112. The van der Waals surface area contributed by atoms with Crippen LogP contribution in [0.25, 0.3) is 0 Å². The lowest BCUT2D eigenvalue weighted by atomic mass is 10.1. The maximum Gasteiger partial charge on any atom is 0.339 e. The molecule has 0 saturated heterocycles. The number of benzene rings is 1. The Kier molecular flexibility index (Phi) is 7.04. The zero-order valence-electron chi connectivity index (χ0n) is 12.0. The Morgan fingerprint density at radius 1 is 1.35 bits per heavy atom. The molecule has 1 rings (SSSR count). The summed E-state index contributed by atoms with van der Waals surface area (Å²) in [6.07, 6.45) is 1.22. The van der Waals surface area contributed by atoms with Gasteiger partial charge in [0.15, 0.2) is 0 Å². The minimum atomic E-state index is -1.04. The third-order valence-electron chi connectivity index (χ3n) is 2.81. The Morgan fingerprint density at radius 3 is 2.75 bits per heavy atom. The monoisotopic (exact) mass is 282 g/mol. The van der Waals surface area contributed by atoms with Crippen molar-refractivity contribution < 1.29 is 24.5 Å². The van der Waals surface area contributed by atoms with Crippen molar-refractivity contribution in [2.24, 2.45) is 0 Å². The van der Waals surface area contributed by atoms with E-state index in [1.54, 1.807) is 19.1 Å². The molecule has 112 valence electrons. The second-order valence-electron chi connectivity index (χ2n) is 4.65. The summed E-state index contributed by atoms with van der Waals surface area (Å²) in [7, 11) is 0. The van der Waals surface area contributed by atoms with Crippen LogP contribution >= 0.6 is 0 Å². The standard InChI is InChI=1S/C15H22O5/c1-3-4-8-19-9-12(16)10-20-14-11(2)6-5-7-13(14)15(17)18/h5-7,12,16H,3-4,8-10H2,1-2H3,(H,17,18). The van der Waals surface area contributed by atoms with E-state index in [9.17, 15) is 9.90 Å². The van der Waals surface area contributed by atoms with Gasteiger partial charge in [0.25, 0.3) is 0 Å².